The van der Waals surface area contributed by atoms with E-state index in [4.69, 9.17) is 23.2 Å². The molecule has 0 radical (unpaired) electrons. The van der Waals surface area contributed by atoms with E-state index in [0.29, 0.717) is 21.6 Å². The van der Waals surface area contributed by atoms with Crippen LogP contribution < -0.4 is 5.32 Å². The third-order valence-corrected chi connectivity index (χ3v) is 6.56. The summed E-state index contributed by atoms with van der Waals surface area (Å²) < 4.78 is 16.5. The van der Waals surface area contributed by atoms with Gasteiger partial charge < -0.3 is 5.32 Å². The molecule has 3 aromatic rings. The Labute approximate surface area is 193 Å². The van der Waals surface area contributed by atoms with Crippen LogP contribution in [0.25, 0.3) is 11.4 Å². The van der Waals surface area contributed by atoms with Gasteiger partial charge in [-0.15, -0.1) is 10.2 Å². The van der Waals surface area contributed by atoms with Crippen molar-refractivity contribution in [1.29, 1.82) is 0 Å². The van der Waals surface area contributed by atoms with Gasteiger partial charge in [0.05, 0.1) is 21.4 Å². The quantitative estimate of drug-likeness (QED) is 0.437. The summed E-state index contributed by atoms with van der Waals surface area (Å²) in [5.41, 5.74) is 0.411. The smallest absolute Gasteiger partial charge is 0.236 e. The molecule has 0 spiro atoms. The zero-order valence-corrected chi connectivity index (χ0v) is 18.9. The van der Waals surface area contributed by atoms with E-state index in [1.165, 1.54) is 36.5 Å². The lowest BCUT2D eigenvalue weighted by Gasteiger charge is -2.25. The number of hydrogen-bond acceptors (Lipinski definition) is 5. The summed E-state index contributed by atoms with van der Waals surface area (Å²) in [7, 11) is 0. The van der Waals surface area contributed by atoms with Crippen LogP contribution in [0.2, 0.25) is 10.0 Å². The second kappa shape index (κ2) is 9.97. The maximum Gasteiger partial charge on any atom is 0.236 e. The van der Waals surface area contributed by atoms with Crippen LogP contribution in [0.15, 0.2) is 41.7 Å². The Balaban J connectivity index is 1.55. The number of pyridine rings is 1. The fraction of sp³-hybridized carbons (Fsp3) is 0.333. The lowest BCUT2D eigenvalue weighted by Crippen LogP contribution is -2.18. The van der Waals surface area contributed by atoms with Crippen molar-refractivity contribution in [3.8, 4) is 11.4 Å². The summed E-state index contributed by atoms with van der Waals surface area (Å²) >= 11 is 13.2. The van der Waals surface area contributed by atoms with Crippen molar-refractivity contribution < 1.29 is 9.18 Å². The Morgan fingerprint density at radius 1 is 1.19 bits per heavy atom. The number of rotatable bonds is 6. The summed E-state index contributed by atoms with van der Waals surface area (Å²) in [4.78, 5) is 16.5. The maximum atomic E-state index is 14.5. The van der Waals surface area contributed by atoms with Gasteiger partial charge in [-0.1, -0.05) is 66.4 Å². The van der Waals surface area contributed by atoms with E-state index in [-0.39, 0.29) is 34.4 Å². The predicted octanol–water partition coefficient (Wildman–Crippen LogP) is 6.02. The molecule has 1 N–H and O–H groups in total. The number of anilines is 1. The molecule has 31 heavy (non-hydrogen) atoms. The van der Waals surface area contributed by atoms with E-state index in [1.54, 1.807) is 18.2 Å². The van der Waals surface area contributed by atoms with Crippen molar-refractivity contribution in [2.45, 2.75) is 43.3 Å². The van der Waals surface area contributed by atoms with Gasteiger partial charge in [0.15, 0.2) is 16.8 Å². The molecule has 1 saturated carbocycles. The molecule has 0 atom stereocenters. The third kappa shape index (κ3) is 5.19. The van der Waals surface area contributed by atoms with Crippen LogP contribution in [-0.4, -0.2) is 31.4 Å². The van der Waals surface area contributed by atoms with Crippen LogP contribution in [-0.2, 0) is 4.79 Å². The molecule has 1 aliphatic rings. The Hall–Kier alpha value is -2.16. The second-order valence-corrected chi connectivity index (χ2v) is 9.05. The largest absolute Gasteiger partial charge is 0.309 e. The van der Waals surface area contributed by atoms with E-state index in [0.717, 1.165) is 25.7 Å². The Morgan fingerprint density at radius 3 is 2.71 bits per heavy atom. The van der Waals surface area contributed by atoms with E-state index in [9.17, 15) is 9.18 Å². The number of benzene rings is 1. The molecule has 10 heteroatoms. The molecule has 6 nitrogen and oxygen atoms in total. The monoisotopic (exact) mass is 479 g/mol. The molecular formula is C21H20Cl2FN5OS. The first-order valence-electron chi connectivity index (χ1n) is 9.96. The Morgan fingerprint density at radius 2 is 1.97 bits per heavy atom. The van der Waals surface area contributed by atoms with Crippen molar-refractivity contribution in [2.75, 3.05) is 11.1 Å². The first-order chi connectivity index (χ1) is 15.0. The average Bonchev–Trinajstić information content (AvgIpc) is 3.19. The van der Waals surface area contributed by atoms with Crippen LogP contribution in [0.5, 0.6) is 0 Å². The summed E-state index contributed by atoms with van der Waals surface area (Å²) in [5.74, 6) is 0.202. The number of nitrogens with zero attached hydrogens (tertiary/aromatic N) is 4. The van der Waals surface area contributed by atoms with Gasteiger partial charge in [0, 0.05) is 12.2 Å². The molecule has 0 bridgehead atoms. The van der Waals surface area contributed by atoms with Crippen LogP contribution in [0.1, 0.15) is 38.1 Å². The van der Waals surface area contributed by atoms with Gasteiger partial charge in [-0.3, -0.25) is 9.36 Å². The highest BCUT2D eigenvalue weighted by atomic mass is 35.5. The van der Waals surface area contributed by atoms with Gasteiger partial charge in [-0.25, -0.2) is 9.37 Å². The summed E-state index contributed by atoms with van der Waals surface area (Å²) in [6, 6.07) is 8.24. The van der Waals surface area contributed by atoms with Gasteiger partial charge in [-0.05, 0) is 31.0 Å². The Kier molecular flexibility index (Phi) is 7.09. The van der Waals surface area contributed by atoms with Gasteiger partial charge in [0.1, 0.15) is 5.82 Å². The van der Waals surface area contributed by atoms with E-state index in [1.807, 2.05) is 4.57 Å². The molecule has 4 rings (SSSR count). The first-order valence-corrected chi connectivity index (χ1v) is 11.7. The number of nitrogens with one attached hydrogen (secondary N) is 1. The molecule has 0 saturated heterocycles. The van der Waals surface area contributed by atoms with E-state index in [2.05, 4.69) is 20.5 Å². The normalized spacial score (nSPS) is 14.5. The number of carbonyl (C=O) groups excluding carboxylic acids is 1. The van der Waals surface area contributed by atoms with Crippen molar-refractivity contribution >= 4 is 46.7 Å². The minimum Gasteiger partial charge on any atom is -0.309 e. The van der Waals surface area contributed by atoms with Crippen molar-refractivity contribution in [3.63, 3.8) is 0 Å². The standard InChI is InChI=1S/C21H20Cl2FN5OS/c22-13-10-16(23)19(25-11-13)26-18(30)12-31-21-28-27-20(15-8-4-5-9-17(15)24)29(21)14-6-2-1-3-7-14/h4-5,8-11,14H,1-3,6-7,12H2,(H,25,26,30). The highest BCUT2D eigenvalue weighted by Crippen LogP contribution is 2.36. The van der Waals surface area contributed by atoms with E-state index < -0.39 is 0 Å². The highest BCUT2D eigenvalue weighted by Gasteiger charge is 2.25. The lowest BCUT2D eigenvalue weighted by molar-refractivity contribution is -0.113. The van der Waals surface area contributed by atoms with Crippen molar-refractivity contribution in [3.05, 3.63) is 52.4 Å². The SMILES string of the molecule is O=C(CSc1nnc(-c2ccccc2F)n1C1CCCCC1)Nc1ncc(Cl)cc1Cl. The van der Waals surface area contributed by atoms with E-state index >= 15 is 0 Å². The fourth-order valence-electron chi connectivity index (χ4n) is 3.67. The first kappa shape index (κ1) is 22.0. The number of halogens is 3. The second-order valence-electron chi connectivity index (χ2n) is 7.27. The Bertz CT molecular complexity index is 1090. The molecule has 2 heterocycles. The van der Waals surface area contributed by atoms with Crippen LogP contribution in [0, 0.1) is 5.82 Å². The molecule has 0 aliphatic heterocycles. The van der Waals surface area contributed by atoms with Gasteiger partial charge in [-0.2, -0.15) is 0 Å². The predicted molar refractivity (Wildman–Crippen MR) is 121 cm³/mol. The molecule has 0 unspecified atom stereocenters. The van der Waals surface area contributed by atoms with Crippen LogP contribution in [0.3, 0.4) is 0 Å². The number of amides is 1. The molecule has 1 amide bonds. The number of aromatic nitrogens is 4. The minimum absolute atomic E-state index is 0.0861. The zero-order valence-electron chi connectivity index (χ0n) is 16.5. The number of hydrogen-bond donors (Lipinski definition) is 1. The molecule has 2 aromatic heterocycles. The number of carbonyl (C=O) groups is 1. The van der Waals surface area contributed by atoms with Crippen molar-refractivity contribution in [1.82, 2.24) is 19.7 Å². The molecule has 1 fully saturated rings. The zero-order chi connectivity index (χ0) is 21.8. The summed E-state index contributed by atoms with van der Waals surface area (Å²) in [6.45, 7) is 0. The van der Waals surface area contributed by atoms with Crippen molar-refractivity contribution in [2.24, 2.45) is 0 Å². The molecule has 1 aliphatic carbocycles. The van der Waals surface area contributed by atoms with Crippen LogP contribution >= 0.6 is 35.0 Å². The summed E-state index contributed by atoms with van der Waals surface area (Å²) in [5, 5.41) is 12.5. The van der Waals surface area contributed by atoms with Gasteiger partial charge >= 0.3 is 0 Å². The van der Waals surface area contributed by atoms with Gasteiger partial charge in [0.25, 0.3) is 0 Å². The fourth-order valence-corrected chi connectivity index (χ4v) is 4.91. The average molecular weight is 480 g/mol. The highest BCUT2D eigenvalue weighted by molar-refractivity contribution is 7.99. The molecular weight excluding hydrogens is 460 g/mol. The molecule has 1 aromatic carbocycles. The minimum atomic E-state index is -0.343. The topological polar surface area (TPSA) is 72.7 Å². The van der Waals surface area contributed by atoms with Gasteiger partial charge in [0.2, 0.25) is 5.91 Å². The third-order valence-electron chi connectivity index (χ3n) is 5.12. The maximum absolute atomic E-state index is 14.5. The van der Waals surface area contributed by atoms with Crippen LogP contribution in [0.4, 0.5) is 10.2 Å². The summed E-state index contributed by atoms with van der Waals surface area (Å²) in [6.07, 6.45) is 6.76. The molecule has 162 valence electrons. The lowest BCUT2D eigenvalue weighted by atomic mass is 9.95. The number of thioether (sulfide) groups is 1.